The first-order valence-electron chi connectivity index (χ1n) is 4.95. The molecule has 0 amide bonds. The minimum absolute atomic E-state index is 0.145. The van der Waals surface area contributed by atoms with Crippen LogP contribution in [0.15, 0.2) is 41.2 Å². The summed E-state index contributed by atoms with van der Waals surface area (Å²) < 4.78 is 35.8. The Balaban J connectivity index is 2.68. The molecule has 18 heavy (non-hydrogen) atoms. The Labute approximate surface area is 101 Å². The molecule has 0 unspecified atom stereocenters. The number of nitrogens with zero attached hydrogens (tertiary/aromatic N) is 2. The number of halogens is 3. The summed E-state index contributed by atoms with van der Waals surface area (Å²) in [6.07, 6.45) is -1.73. The summed E-state index contributed by atoms with van der Waals surface area (Å²) in [5.74, 6) is -1.52. The fourth-order valence-corrected chi connectivity index (χ4v) is 1.18. The highest BCUT2D eigenvalue weighted by atomic mass is 19.3. The molecule has 1 aromatic carbocycles. The minimum Gasteiger partial charge on any atom is -0.292 e. The maximum atomic E-state index is 12.4. The van der Waals surface area contributed by atoms with Crippen molar-refractivity contribution >= 4 is 11.9 Å². The van der Waals surface area contributed by atoms with Crippen molar-refractivity contribution in [3.05, 3.63) is 51.9 Å². The Morgan fingerprint density at radius 2 is 2.00 bits per heavy atom. The zero-order valence-electron chi connectivity index (χ0n) is 9.15. The Morgan fingerprint density at radius 1 is 1.33 bits per heavy atom. The van der Waals surface area contributed by atoms with E-state index in [1.165, 1.54) is 24.4 Å². The molecule has 96 valence electrons. The molecule has 0 aromatic heterocycles. The van der Waals surface area contributed by atoms with Gasteiger partial charge in [0.1, 0.15) is 0 Å². The van der Waals surface area contributed by atoms with Gasteiger partial charge < -0.3 is 0 Å². The molecule has 0 saturated heterocycles. The molecule has 0 aliphatic rings. The number of rotatable bonds is 5. The van der Waals surface area contributed by atoms with Crippen molar-refractivity contribution in [1.29, 1.82) is 0 Å². The number of benzene rings is 1. The van der Waals surface area contributed by atoms with Crippen LogP contribution in [0.3, 0.4) is 0 Å². The molecule has 0 heterocycles. The summed E-state index contributed by atoms with van der Waals surface area (Å²) in [5, 5.41) is 10.6. The van der Waals surface area contributed by atoms with Gasteiger partial charge in [-0.25, -0.2) is 4.39 Å². The number of nitro benzene ring substituents is 1. The van der Waals surface area contributed by atoms with Crippen molar-refractivity contribution in [3.63, 3.8) is 0 Å². The number of hydrogen-bond donors (Lipinski definition) is 0. The van der Waals surface area contributed by atoms with Crippen LogP contribution >= 0.6 is 0 Å². The van der Waals surface area contributed by atoms with E-state index >= 15 is 0 Å². The lowest BCUT2D eigenvalue weighted by atomic mass is 10.2. The Kier molecular flexibility index (Phi) is 5.04. The molecule has 0 aliphatic heterocycles. The van der Waals surface area contributed by atoms with Gasteiger partial charge in [-0.15, -0.1) is 0 Å². The van der Waals surface area contributed by atoms with E-state index in [9.17, 15) is 23.3 Å². The molecular formula is C11H9F3N2O2. The maximum Gasteiger partial charge on any atom is 0.301 e. The van der Waals surface area contributed by atoms with Crippen LogP contribution < -0.4 is 0 Å². The fourth-order valence-electron chi connectivity index (χ4n) is 1.18. The zero-order valence-corrected chi connectivity index (χ0v) is 9.15. The SMILES string of the molecule is O=[N+]([O-])c1ccccc1/C=N/CCC(F)=C(F)F. The monoisotopic (exact) mass is 258 g/mol. The van der Waals surface area contributed by atoms with Gasteiger partial charge in [0, 0.05) is 25.2 Å². The second kappa shape index (κ2) is 6.53. The molecule has 0 saturated carbocycles. The van der Waals surface area contributed by atoms with Gasteiger partial charge in [0.25, 0.3) is 5.69 Å². The molecule has 0 bridgehead atoms. The number of para-hydroxylation sites is 1. The van der Waals surface area contributed by atoms with Crippen molar-refractivity contribution in [3.8, 4) is 0 Å². The topological polar surface area (TPSA) is 55.5 Å². The van der Waals surface area contributed by atoms with Crippen LogP contribution in [-0.2, 0) is 0 Å². The lowest BCUT2D eigenvalue weighted by Gasteiger charge is -1.96. The van der Waals surface area contributed by atoms with Gasteiger partial charge in [-0.05, 0) is 6.07 Å². The molecule has 1 rings (SSSR count). The van der Waals surface area contributed by atoms with Crippen molar-refractivity contribution in [2.75, 3.05) is 6.54 Å². The third kappa shape index (κ3) is 4.00. The lowest BCUT2D eigenvalue weighted by molar-refractivity contribution is -0.385. The molecule has 0 aliphatic carbocycles. The van der Waals surface area contributed by atoms with E-state index in [1.54, 1.807) is 6.07 Å². The molecule has 0 fully saturated rings. The number of aliphatic imine (C=N–C) groups is 1. The lowest BCUT2D eigenvalue weighted by Crippen LogP contribution is -1.94. The summed E-state index contributed by atoms with van der Waals surface area (Å²) in [7, 11) is 0. The molecule has 0 spiro atoms. The zero-order chi connectivity index (χ0) is 13.5. The summed E-state index contributed by atoms with van der Waals surface area (Å²) in [6.45, 7) is -0.199. The average Bonchev–Trinajstić information content (AvgIpc) is 2.34. The van der Waals surface area contributed by atoms with Crippen LogP contribution in [0.4, 0.5) is 18.9 Å². The Hall–Kier alpha value is -2.18. The predicted molar refractivity (Wildman–Crippen MR) is 60.5 cm³/mol. The van der Waals surface area contributed by atoms with Crippen molar-refractivity contribution in [1.82, 2.24) is 0 Å². The van der Waals surface area contributed by atoms with Crippen LogP contribution in [0.1, 0.15) is 12.0 Å². The standard InChI is InChI=1S/C11H9F3N2O2/c12-9(11(13)14)5-6-15-7-8-3-1-2-4-10(8)16(17)18/h1-4,7H,5-6H2/b15-7+. The van der Waals surface area contributed by atoms with Crippen LogP contribution in [0, 0.1) is 10.1 Å². The molecule has 1 aromatic rings. The number of nitro groups is 1. The second-order valence-electron chi connectivity index (χ2n) is 3.27. The first-order chi connectivity index (χ1) is 8.52. The molecule has 0 atom stereocenters. The van der Waals surface area contributed by atoms with E-state index in [-0.39, 0.29) is 17.8 Å². The van der Waals surface area contributed by atoms with E-state index in [1.807, 2.05) is 0 Å². The normalized spacial score (nSPS) is 10.6. The summed E-state index contributed by atoms with van der Waals surface area (Å²) in [4.78, 5) is 13.7. The molecular weight excluding hydrogens is 249 g/mol. The average molecular weight is 258 g/mol. The van der Waals surface area contributed by atoms with Gasteiger partial charge in [-0.3, -0.25) is 15.1 Å². The van der Waals surface area contributed by atoms with Gasteiger partial charge in [0.2, 0.25) is 0 Å². The quantitative estimate of drug-likeness (QED) is 0.461. The Bertz CT molecular complexity index is 497. The minimum atomic E-state index is -2.36. The van der Waals surface area contributed by atoms with Crippen LogP contribution in [-0.4, -0.2) is 17.7 Å². The molecule has 7 heteroatoms. The first kappa shape index (κ1) is 13.9. The Morgan fingerprint density at radius 3 is 2.61 bits per heavy atom. The highest BCUT2D eigenvalue weighted by Gasteiger charge is 2.09. The van der Waals surface area contributed by atoms with Gasteiger partial charge in [-0.1, -0.05) is 12.1 Å². The van der Waals surface area contributed by atoms with Crippen LogP contribution in [0.2, 0.25) is 0 Å². The van der Waals surface area contributed by atoms with Gasteiger partial charge >= 0.3 is 6.08 Å². The highest BCUT2D eigenvalue weighted by molar-refractivity contribution is 5.85. The van der Waals surface area contributed by atoms with E-state index in [2.05, 4.69) is 4.99 Å². The van der Waals surface area contributed by atoms with E-state index in [0.717, 1.165) is 0 Å². The summed E-state index contributed by atoms with van der Waals surface area (Å²) in [5.41, 5.74) is 0.0987. The summed E-state index contributed by atoms with van der Waals surface area (Å²) >= 11 is 0. The van der Waals surface area contributed by atoms with Gasteiger partial charge in [-0.2, -0.15) is 8.78 Å². The highest BCUT2D eigenvalue weighted by Crippen LogP contribution is 2.16. The van der Waals surface area contributed by atoms with Crippen molar-refractivity contribution in [2.45, 2.75) is 6.42 Å². The third-order valence-electron chi connectivity index (χ3n) is 2.03. The van der Waals surface area contributed by atoms with E-state index in [0.29, 0.717) is 0 Å². The third-order valence-corrected chi connectivity index (χ3v) is 2.03. The molecule has 0 N–H and O–H groups in total. The molecule has 4 nitrogen and oxygen atoms in total. The van der Waals surface area contributed by atoms with Crippen molar-refractivity contribution < 1.29 is 18.1 Å². The predicted octanol–water partition coefficient (Wildman–Crippen LogP) is 3.48. The van der Waals surface area contributed by atoms with E-state index < -0.39 is 23.3 Å². The van der Waals surface area contributed by atoms with Crippen LogP contribution in [0.25, 0.3) is 0 Å². The van der Waals surface area contributed by atoms with Crippen molar-refractivity contribution in [2.24, 2.45) is 4.99 Å². The largest absolute Gasteiger partial charge is 0.301 e. The summed E-state index contributed by atoms with van der Waals surface area (Å²) in [6, 6.07) is 5.83. The van der Waals surface area contributed by atoms with Gasteiger partial charge in [0.05, 0.1) is 10.5 Å². The van der Waals surface area contributed by atoms with E-state index in [4.69, 9.17) is 0 Å². The smallest absolute Gasteiger partial charge is 0.292 e. The molecule has 0 radical (unpaired) electrons. The van der Waals surface area contributed by atoms with Gasteiger partial charge in [0.15, 0.2) is 5.83 Å². The van der Waals surface area contributed by atoms with Crippen LogP contribution in [0.5, 0.6) is 0 Å². The first-order valence-corrected chi connectivity index (χ1v) is 4.95. The second-order valence-corrected chi connectivity index (χ2v) is 3.27. The number of hydrogen-bond acceptors (Lipinski definition) is 3. The maximum absolute atomic E-state index is 12.4. The fraction of sp³-hybridized carbons (Fsp3) is 0.182.